The molecule has 1 aliphatic carbocycles. The highest BCUT2D eigenvalue weighted by Gasteiger charge is 2.29. The Balaban J connectivity index is 2.01. The molecule has 0 aromatic carbocycles. The average Bonchev–Trinajstić information content (AvgIpc) is 2.42. The molecule has 1 heterocycles. The van der Waals surface area contributed by atoms with Crippen LogP contribution in [0.15, 0.2) is 12.1 Å². The van der Waals surface area contributed by atoms with Crippen molar-refractivity contribution in [3.63, 3.8) is 0 Å². The Morgan fingerprint density at radius 2 is 2.24 bits per heavy atom. The van der Waals surface area contributed by atoms with Crippen LogP contribution < -0.4 is 5.32 Å². The highest BCUT2D eigenvalue weighted by atomic mass is 35.5. The lowest BCUT2D eigenvalue weighted by atomic mass is 9.82. The van der Waals surface area contributed by atoms with Crippen molar-refractivity contribution in [3.8, 4) is 0 Å². The molecule has 1 aliphatic rings. The molecule has 0 radical (unpaired) electrons. The van der Waals surface area contributed by atoms with Crippen LogP contribution in [0.25, 0.3) is 0 Å². The standard InChI is InChI=1S/C15H22ClN3O2/c1-3-4-17-14-8-11(7-13(16)18-14)15(21)19(2)9-10-5-12(20)6-10/h7-8,10,12,20H,3-6,9H2,1-2H3,(H,17,18). The van der Waals surface area contributed by atoms with Crippen molar-refractivity contribution < 1.29 is 9.90 Å². The second kappa shape index (κ2) is 7.09. The first kappa shape index (κ1) is 16.0. The largest absolute Gasteiger partial charge is 0.393 e. The number of halogens is 1. The number of rotatable bonds is 6. The van der Waals surface area contributed by atoms with Crippen LogP contribution >= 0.6 is 11.6 Å². The van der Waals surface area contributed by atoms with Gasteiger partial charge in [-0.25, -0.2) is 4.98 Å². The summed E-state index contributed by atoms with van der Waals surface area (Å²) in [6.07, 6.45) is 2.33. The van der Waals surface area contributed by atoms with Gasteiger partial charge in [-0.15, -0.1) is 0 Å². The Labute approximate surface area is 130 Å². The first-order chi connectivity index (χ1) is 9.99. The Morgan fingerprint density at radius 3 is 2.86 bits per heavy atom. The number of hydrogen-bond acceptors (Lipinski definition) is 4. The maximum atomic E-state index is 12.4. The summed E-state index contributed by atoms with van der Waals surface area (Å²) in [4.78, 5) is 18.3. The fourth-order valence-corrected chi connectivity index (χ4v) is 2.71. The van der Waals surface area contributed by atoms with Crippen LogP contribution in [0.4, 0.5) is 5.82 Å². The third-order valence-corrected chi connectivity index (χ3v) is 3.88. The molecule has 0 bridgehead atoms. The molecule has 1 amide bonds. The summed E-state index contributed by atoms with van der Waals surface area (Å²) < 4.78 is 0. The quantitative estimate of drug-likeness (QED) is 0.792. The summed E-state index contributed by atoms with van der Waals surface area (Å²) in [5.41, 5.74) is 0.538. The van der Waals surface area contributed by atoms with Crippen LogP contribution in [0.3, 0.4) is 0 Å². The predicted molar refractivity (Wildman–Crippen MR) is 83.7 cm³/mol. The van der Waals surface area contributed by atoms with Gasteiger partial charge >= 0.3 is 0 Å². The lowest BCUT2D eigenvalue weighted by Gasteiger charge is -2.34. The highest BCUT2D eigenvalue weighted by Crippen LogP contribution is 2.28. The van der Waals surface area contributed by atoms with Crippen LogP contribution in [-0.4, -0.2) is 47.1 Å². The third kappa shape index (κ3) is 4.32. The Bertz CT molecular complexity index is 504. The molecule has 1 aromatic heterocycles. The summed E-state index contributed by atoms with van der Waals surface area (Å²) >= 11 is 5.99. The zero-order valence-electron chi connectivity index (χ0n) is 12.5. The molecule has 1 aromatic rings. The van der Waals surface area contributed by atoms with Crippen LogP contribution in [0.5, 0.6) is 0 Å². The van der Waals surface area contributed by atoms with Gasteiger partial charge in [0.1, 0.15) is 11.0 Å². The molecule has 2 rings (SSSR count). The number of aromatic nitrogens is 1. The van der Waals surface area contributed by atoms with Gasteiger partial charge in [0.2, 0.25) is 0 Å². The van der Waals surface area contributed by atoms with E-state index in [9.17, 15) is 9.90 Å². The predicted octanol–water partition coefficient (Wildman–Crippen LogP) is 2.40. The van der Waals surface area contributed by atoms with Gasteiger partial charge in [-0.2, -0.15) is 0 Å². The Morgan fingerprint density at radius 1 is 1.52 bits per heavy atom. The fraction of sp³-hybridized carbons (Fsp3) is 0.600. The molecule has 0 saturated heterocycles. The summed E-state index contributed by atoms with van der Waals surface area (Å²) in [5, 5.41) is 12.8. The van der Waals surface area contributed by atoms with Crippen molar-refractivity contribution in [3.05, 3.63) is 22.8 Å². The van der Waals surface area contributed by atoms with Crippen LogP contribution in [0, 0.1) is 5.92 Å². The molecule has 1 saturated carbocycles. The number of pyridine rings is 1. The summed E-state index contributed by atoms with van der Waals surface area (Å²) in [6, 6.07) is 3.32. The Kier molecular flexibility index (Phi) is 5.42. The Hall–Kier alpha value is -1.33. The molecule has 21 heavy (non-hydrogen) atoms. The monoisotopic (exact) mass is 311 g/mol. The van der Waals surface area contributed by atoms with Gasteiger partial charge in [-0.3, -0.25) is 4.79 Å². The minimum atomic E-state index is -0.196. The molecular formula is C15H22ClN3O2. The number of carbonyl (C=O) groups excluding carboxylic acids is 1. The zero-order valence-corrected chi connectivity index (χ0v) is 13.2. The van der Waals surface area contributed by atoms with Crippen molar-refractivity contribution in [1.29, 1.82) is 0 Å². The van der Waals surface area contributed by atoms with Gasteiger partial charge in [0.05, 0.1) is 6.10 Å². The van der Waals surface area contributed by atoms with E-state index in [1.54, 1.807) is 24.1 Å². The summed E-state index contributed by atoms with van der Waals surface area (Å²) in [6.45, 7) is 3.51. The van der Waals surface area contributed by atoms with Crippen molar-refractivity contribution in [2.24, 2.45) is 5.92 Å². The van der Waals surface area contributed by atoms with E-state index in [0.717, 1.165) is 25.8 Å². The van der Waals surface area contributed by atoms with Gasteiger partial charge in [0.15, 0.2) is 0 Å². The lowest BCUT2D eigenvalue weighted by Crippen LogP contribution is -2.39. The van der Waals surface area contributed by atoms with Crippen LogP contribution in [0.1, 0.15) is 36.5 Å². The van der Waals surface area contributed by atoms with Crippen molar-refractivity contribution in [1.82, 2.24) is 9.88 Å². The average molecular weight is 312 g/mol. The van der Waals surface area contributed by atoms with Gasteiger partial charge < -0.3 is 15.3 Å². The normalized spacial score (nSPS) is 20.8. The highest BCUT2D eigenvalue weighted by molar-refractivity contribution is 6.29. The van der Waals surface area contributed by atoms with Gasteiger partial charge in [-0.05, 0) is 37.3 Å². The van der Waals surface area contributed by atoms with Crippen LogP contribution in [0.2, 0.25) is 5.15 Å². The molecule has 0 spiro atoms. The minimum Gasteiger partial charge on any atom is -0.393 e. The molecule has 0 atom stereocenters. The SMILES string of the molecule is CCCNc1cc(C(=O)N(C)CC2CC(O)C2)cc(Cl)n1. The van der Waals surface area contributed by atoms with Crippen molar-refractivity contribution in [2.45, 2.75) is 32.3 Å². The van der Waals surface area contributed by atoms with Crippen LogP contribution in [-0.2, 0) is 0 Å². The fourth-order valence-electron chi connectivity index (χ4n) is 2.50. The van der Waals surface area contributed by atoms with Gasteiger partial charge in [0.25, 0.3) is 5.91 Å². The maximum Gasteiger partial charge on any atom is 0.253 e. The van der Waals surface area contributed by atoms with E-state index in [2.05, 4.69) is 17.2 Å². The molecule has 0 aliphatic heterocycles. The third-order valence-electron chi connectivity index (χ3n) is 3.69. The van der Waals surface area contributed by atoms with E-state index < -0.39 is 0 Å². The van der Waals surface area contributed by atoms with Gasteiger partial charge in [-0.1, -0.05) is 18.5 Å². The summed E-state index contributed by atoms with van der Waals surface area (Å²) in [5.74, 6) is 0.948. The molecular weight excluding hydrogens is 290 g/mol. The molecule has 5 nitrogen and oxygen atoms in total. The van der Waals surface area contributed by atoms with Gasteiger partial charge in [0, 0.05) is 25.7 Å². The molecule has 1 fully saturated rings. The topological polar surface area (TPSA) is 65.5 Å². The zero-order chi connectivity index (χ0) is 15.4. The summed E-state index contributed by atoms with van der Waals surface area (Å²) in [7, 11) is 1.78. The number of nitrogens with one attached hydrogen (secondary N) is 1. The van der Waals surface area contributed by atoms with E-state index >= 15 is 0 Å². The molecule has 0 unspecified atom stereocenters. The first-order valence-corrected chi connectivity index (χ1v) is 7.72. The lowest BCUT2D eigenvalue weighted by molar-refractivity contribution is 0.0265. The second-order valence-electron chi connectivity index (χ2n) is 5.67. The molecule has 2 N–H and O–H groups in total. The number of aliphatic hydroxyl groups is 1. The van der Waals surface area contributed by atoms with E-state index in [1.165, 1.54) is 0 Å². The molecule has 6 heteroatoms. The number of aliphatic hydroxyl groups excluding tert-OH is 1. The number of nitrogens with zero attached hydrogens (tertiary/aromatic N) is 2. The van der Waals surface area contributed by atoms with Crippen molar-refractivity contribution in [2.75, 3.05) is 25.5 Å². The second-order valence-corrected chi connectivity index (χ2v) is 6.05. The van der Waals surface area contributed by atoms with E-state index in [4.69, 9.17) is 11.6 Å². The maximum absolute atomic E-state index is 12.4. The minimum absolute atomic E-state index is 0.0692. The van der Waals surface area contributed by atoms with E-state index in [-0.39, 0.29) is 12.0 Å². The molecule has 116 valence electrons. The number of amides is 1. The number of anilines is 1. The van der Waals surface area contributed by atoms with E-state index in [1.807, 2.05) is 0 Å². The number of carbonyl (C=O) groups is 1. The van der Waals surface area contributed by atoms with E-state index in [0.29, 0.717) is 29.0 Å². The first-order valence-electron chi connectivity index (χ1n) is 7.34. The van der Waals surface area contributed by atoms with Crippen molar-refractivity contribution >= 4 is 23.3 Å². The number of hydrogen-bond donors (Lipinski definition) is 2. The smallest absolute Gasteiger partial charge is 0.253 e.